The number of carbonyl (C=O) groups excluding carboxylic acids is 1. The van der Waals surface area contributed by atoms with Crippen molar-refractivity contribution >= 4 is 23.5 Å². The van der Waals surface area contributed by atoms with Gasteiger partial charge < -0.3 is 10.4 Å². The van der Waals surface area contributed by atoms with Gasteiger partial charge in [-0.25, -0.2) is 4.79 Å². The molecule has 1 amide bonds. The number of hydrogen-bond acceptors (Lipinski definition) is 5. The number of nitrogens with one attached hydrogen (secondary N) is 1. The van der Waals surface area contributed by atoms with Crippen molar-refractivity contribution in [2.45, 2.75) is 32.9 Å². The first-order valence-corrected chi connectivity index (χ1v) is 7.79. The molecule has 2 aromatic rings. The van der Waals surface area contributed by atoms with Gasteiger partial charge in [0.05, 0.1) is 0 Å². The van der Waals surface area contributed by atoms with Crippen LogP contribution < -0.4 is 5.32 Å². The van der Waals surface area contributed by atoms with E-state index in [1.54, 1.807) is 24.3 Å². The SMILES string of the molecule is CC(C)C[C@H](NC(=O)Cn1nnc(-c2ccc(Cl)cc2)n1)C(=O)O. The first-order chi connectivity index (χ1) is 11.3. The molecule has 0 fully saturated rings. The molecule has 1 aromatic heterocycles. The summed E-state index contributed by atoms with van der Waals surface area (Å²) in [6.45, 7) is 3.57. The zero-order valence-electron chi connectivity index (χ0n) is 13.3. The van der Waals surface area contributed by atoms with Gasteiger partial charge in [-0.3, -0.25) is 4.79 Å². The number of tetrazole rings is 1. The average Bonchev–Trinajstić information content (AvgIpc) is 2.95. The van der Waals surface area contributed by atoms with E-state index in [1.165, 1.54) is 0 Å². The van der Waals surface area contributed by atoms with Crippen molar-refractivity contribution in [1.82, 2.24) is 25.5 Å². The monoisotopic (exact) mass is 351 g/mol. The van der Waals surface area contributed by atoms with Crippen LogP contribution in [0.5, 0.6) is 0 Å². The van der Waals surface area contributed by atoms with Crippen LogP contribution in [0.25, 0.3) is 11.4 Å². The third-order valence-corrected chi connectivity index (χ3v) is 3.43. The highest BCUT2D eigenvalue weighted by Crippen LogP contribution is 2.16. The Hall–Kier alpha value is -2.48. The van der Waals surface area contributed by atoms with Crippen LogP contribution >= 0.6 is 11.6 Å². The first kappa shape index (κ1) is 17.9. The maximum atomic E-state index is 12.0. The molecule has 0 radical (unpaired) electrons. The molecule has 128 valence electrons. The van der Waals surface area contributed by atoms with Gasteiger partial charge in [0.2, 0.25) is 11.7 Å². The normalized spacial score (nSPS) is 12.2. The fourth-order valence-corrected chi connectivity index (χ4v) is 2.21. The molecule has 0 aliphatic heterocycles. The minimum atomic E-state index is -1.06. The molecule has 1 atom stereocenters. The molecule has 0 aliphatic rings. The van der Waals surface area contributed by atoms with E-state index in [-0.39, 0.29) is 12.5 Å². The molecule has 24 heavy (non-hydrogen) atoms. The molecule has 8 nitrogen and oxygen atoms in total. The van der Waals surface area contributed by atoms with E-state index in [4.69, 9.17) is 16.7 Å². The second-order valence-corrected chi connectivity index (χ2v) is 6.17. The summed E-state index contributed by atoms with van der Waals surface area (Å²) >= 11 is 5.82. The standard InChI is InChI=1S/C15H18ClN5O3/c1-9(2)7-12(15(23)24)17-13(22)8-21-19-14(18-20-21)10-3-5-11(16)6-4-10/h3-6,9,12H,7-8H2,1-2H3,(H,17,22)(H,23,24)/t12-/m0/s1. The van der Waals surface area contributed by atoms with Crippen molar-refractivity contribution in [2.75, 3.05) is 0 Å². The number of aromatic nitrogens is 4. The lowest BCUT2D eigenvalue weighted by atomic mass is 10.0. The summed E-state index contributed by atoms with van der Waals surface area (Å²) in [6, 6.07) is 5.96. The van der Waals surface area contributed by atoms with Crippen molar-refractivity contribution in [3.05, 3.63) is 29.3 Å². The molecule has 1 heterocycles. The van der Waals surface area contributed by atoms with Gasteiger partial charge in [0.1, 0.15) is 12.6 Å². The predicted octanol–water partition coefficient (Wildman–Crippen LogP) is 1.61. The van der Waals surface area contributed by atoms with E-state index >= 15 is 0 Å². The Kier molecular flexibility index (Phi) is 5.86. The van der Waals surface area contributed by atoms with E-state index in [2.05, 4.69) is 20.7 Å². The number of amides is 1. The minimum Gasteiger partial charge on any atom is -0.480 e. The minimum absolute atomic E-state index is 0.146. The third kappa shape index (κ3) is 5.02. The van der Waals surface area contributed by atoms with Gasteiger partial charge in [-0.2, -0.15) is 4.80 Å². The molecule has 0 unspecified atom stereocenters. The molecule has 1 aromatic carbocycles. The summed E-state index contributed by atoms with van der Waals surface area (Å²) in [4.78, 5) is 24.3. The number of halogens is 1. The lowest BCUT2D eigenvalue weighted by Crippen LogP contribution is -2.43. The first-order valence-electron chi connectivity index (χ1n) is 7.41. The molecule has 0 saturated carbocycles. The molecule has 9 heteroatoms. The molecule has 0 bridgehead atoms. The van der Waals surface area contributed by atoms with Gasteiger partial charge in [0.25, 0.3) is 0 Å². The molecule has 0 saturated heterocycles. The largest absolute Gasteiger partial charge is 0.480 e. The van der Waals surface area contributed by atoms with Crippen LogP contribution in [0.15, 0.2) is 24.3 Å². The van der Waals surface area contributed by atoms with E-state index in [1.807, 2.05) is 13.8 Å². The zero-order chi connectivity index (χ0) is 17.7. The smallest absolute Gasteiger partial charge is 0.326 e. The van der Waals surface area contributed by atoms with Crippen molar-refractivity contribution in [3.8, 4) is 11.4 Å². The number of carboxylic acids is 1. The van der Waals surface area contributed by atoms with Gasteiger partial charge in [0.15, 0.2) is 0 Å². The number of aliphatic carboxylic acids is 1. The van der Waals surface area contributed by atoms with Gasteiger partial charge in [-0.05, 0) is 41.8 Å². The van der Waals surface area contributed by atoms with Crippen molar-refractivity contribution in [2.24, 2.45) is 5.92 Å². The number of carboxylic acid groups (broad SMARTS) is 1. The third-order valence-electron chi connectivity index (χ3n) is 3.18. The average molecular weight is 352 g/mol. The number of carbonyl (C=O) groups is 2. The van der Waals surface area contributed by atoms with Crippen LogP contribution in [0.4, 0.5) is 0 Å². The summed E-state index contributed by atoms with van der Waals surface area (Å²) in [5.74, 6) is -1.04. The summed E-state index contributed by atoms with van der Waals surface area (Å²) in [5, 5.41) is 24.0. The number of rotatable bonds is 7. The lowest BCUT2D eigenvalue weighted by molar-refractivity contribution is -0.142. The fraction of sp³-hybridized carbons (Fsp3) is 0.400. The Morgan fingerprint density at radius 3 is 2.54 bits per heavy atom. The Morgan fingerprint density at radius 2 is 1.96 bits per heavy atom. The molecule has 0 spiro atoms. The van der Waals surface area contributed by atoms with Crippen LogP contribution in [0.2, 0.25) is 5.02 Å². The summed E-state index contributed by atoms with van der Waals surface area (Å²) < 4.78 is 0. The van der Waals surface area contributed by atoms with E-state index < -0.39 is 17.9 Å². The highest BCUT2D eigenvalue weighted by molar-refractivity contribution is 6.30. The molecule has 2 N–H and O–H groups in total. The van der Waals surface area contributed by atoms with Crippen molar-refractivity contribution in [1.29, 1.82) is 0 Å². The maximum absolute atomic E-state index is 12.0. The quantitative estimate of drug-likeness (QED) is 0.784. The van der Waals surface area contributed by atoms with Gasteiger partial charge >= 0.3 is 5.97 Å². The molecule has 2 rings (SSSR count). The van der Waals surface area contributed by atoms with Crippen LogP contribution in [-0.4, -0.2) is 43.2 Å². The summed E-state index contributed by atoms with van der Waals surface area (Å²) in [5.41, 5.74) is 0.717. The Labute approximate surface area is 143 Å². The van der Waals surface area contributed by atoms with Gasteiger partial charge in [-0.1, -0.05) is 25.4 Å². The Balaban J connectivity index is 1.99. The van der Waals surface area contributed by atoms with Crippen LogP contribution in [-0.2, 0) is 16.1 Å². The van der Waals surface area contributed by atoms with Crippen molar-refractivity contribution in [3.63, 3.8) is 0 Å². The van der Waals surface area contributed by atoms with E-state index in [0.717, 1.165) is 4.80 Å². The second-order valence-electron chi connectivity index (χ2n) is 5.74. The highest BCUT2D eigenvalue weighted by atomic mass is 35.5. The number of hydrogen-bond donors (Lipinski definition) is 2. The van der Waals surface area contributed by atoms with Gasteiger partial charge in [-0.15, -0.1) is 10.2 Å². The topological polar surface area (TPSA) is 110 Å². The number of benzene rings is 1. The summed E-state index contributed by atoms with van der Waals surface area (Å²) in [7, 11) is 0. The second kappa shape index (κ2) is 7.87. The summed E-state index contributed by atoms with van der Waals surface area (Å²) in [6.07, 6.45) is 0.349. The predicted molar refractivity (Wildman–Crippen MR) is 87.3 cm³/mol. The van der Waals surface area contributed by atoms with E-state index in [9.17, 15) is 9.59 Å². The fourth-order valence-electron chi connectivity index (χ4n) is 2.09. The van der Waals surface area contributed by atoms with Crippen LogP contribution in [0.1, 0.15) is 20.3 Å². The maximum Gasteiger partial charge on any atom is 0.326 e. The molecule has 0 aliphatic carbocycles. The molecular formula is C15H18ClN5O3. The van der Waals surface area contributed by atoms with Gasteiger partial charge in [0, 0.05) is 10.6 Å². The Morgan fingerprint density at radius 1 is 1.29 bits per heavy atom. The Bertz CT molecular complexity index is 714. The van der Waals surface area contributed by atoms with Crippen molar-refractivity contribution < 1.29 is 14.7 Å². The van der Waals surface area contributed by atoms with E-state index in [0.29, 0.717) is 22.8 Å². The molecular weight excluding hydrogens is 334 g/mol. The zero-order valence-corrected chi connectivity index (χ0v) is 14.1. The van der Waals surface area contributed by atoms with Crippen LogP contribution in [0, 0.1) is 5.92 Å². The van der Waals surface area contributed by atoms with Crippen LogP contribution in [0.3, 0.4) is 0 Å². The number of nitrogens with zero attached hydrogens (tertiary/aromatic N) is 4. The lowest BCUT2D eigenvalue weighted by Gasteiger charge is -2.16. The highest BCUT2D eigenvalue weighted by Gasteiger charge is 2.21.